The lowest BCUT2D eigenvalue weighted by Crippen LogP contribution is -2.49. The van der Waals surface area contributed by atoms with Gasteiger partial charge in [-0.3, -0.25) is 4.79 Å². The number of nitrogens with zero attached hydrogens (tertiary/aromatic N) is 1. The molecule has 0 radical (unpaired) electrons. The van der Waals surface area contributed by atoms with Crippen molar-refractivity contribution in [1.29, 1.82) is 0 Å². The average Bonchev–Trinajstić information content (AvgIpc) is 2.50. The maximum Gasteiger partial charge on any atom is 0.226 e. The van der Waals surface area contributed by atoms with Gasteiger partial charge in [-0.15, -0.1) is 0 Å². The van der Waals surface area contributed by atoms with Crippen LogP contribution in [0.4, 0.5) is 15.8 Å². The molecule has 0 unspecified atom stereocenters. The van der Waals surface area contributed by atoms with Gasteiger partial charge >= 0.3 is 0 Å². The molecule has 1 aliphatic heterocycles. The lowest BCUT2D eigenvalue weighted by atomic mass is 9.78. The number of nitrogens with one attached hydrogen (secondary N) is 1. The minimum atomic E-state index is -0.294. The van der Waals surface area contributed by atoms with E-state index in [0.717, 1.165) is 31.4 Å². The highest BCUT2D eigenvalue weighted by atomic mass is 79.9. The van der Waals surface area contributed by atoms with Crippen LogP contribution < -0.4 is 10.2 Å². The highest BCUT2D eigenvalue weighted by Gasteiger charge is 2.41. The van der Waals surface area contributed by atoms with Crippen LogP contribution in [0.25, 0.3) is 0 Å². The van der Waals surface area contributed by atoms with Crippen molar-refractivity contribution in [3.05, 3.63) is 22.4 Å². The number of benzene rings is 1. The zero-order chi connectivity index (χ0) is 14.3. The largest absolute Gasteiger partial charge is 0.367 e. The number of carbonyl (C=O) groups excluding carboxylic acids is 1. The molecule has 3 rings (SSSR count). The molecule has 1 N–H and O–H groups in total. The molecule has 0 saturated heterocycles. The van der Waals surface area contributed by atoms with Crippen LogP contribution in [0.2, 0.25) is 0 Å². The predicted octanol–water partition coefficient (Wildman–Crippen LogP) is 4.07. The summed E-state index contributed by atoms with van der Waals surface area (Å²) in [6, 6.07) is 3.17. The number of hydrogen-bond donors (Lipinski definition) is 1. The average molecular weight is 341 g/mol. The monoisotopic (exact) mass is 340 g/mol. The van der Waals surface area contributed by atoms with Crippen molar-refractivity contribution >= 4 is 33.2 Å². The van der Waals surface area contributed by atoms with Crippen LogP contribution in [0, 0.1) is 5.82 Å². The summed E-state index contributed by atoms with van der Waals surface area (Å²) in [7, 11) is 1.98. The van der Waals surface area contributed by atoms with E-state index in [2.05, 4.69) is 26.1 Å². The normalized spacial score (nSPS) is 21.4. The van der Waals surface area contributed by atoms with Crippen molar-refractivity contribution in [1.82, 2.24) is 0 Å². The minimum absolute atomic E-state index is 0.0241. The molecule has 0 aromatic heterocycles. The first-order chi connectivity index (χ1) is 9.52. The van der Waals surface area contributed by atoms with Crippen LogP contribution in [0.15, 0.2) is 16.6 Å². The number of halogens is 2. The Morgan fingerprint density at radius 3 is 2.70 bits per heavy atom. The van der Waals surface area contributed by atoms with E-state index < -0.39 is 0 Å². The Bertz CT molecular complexity index is 555. The summed E-state index contributed by atoms with van der Waals surface area (Å²) in [4.78, 5) is 14.3. The van der Waals surface area contributed by atoms with E-state index in [-0.39, 0.29) is 17.3 Å². The molecule has 3 nitrogen and oxygen atoms in total. The third-order valence-corrected chi connectivity index (χ3v) is 5.27. The Balaban J connectivity index is 2.10. The minimum Gasteiger partial charge on any atom is -0.367 e. The van der Waals surface area contributed by atoms with Crippen molar-refractivity contribution in [3.8, 4) is 0 Å². The molecule has 0 atom stereocenters. The Kier molecular flexibility index (Phi) is 3.48. The van der Waals surface area contributed by atoms with Crippen molar-refractivity contribution in [2.75, 3.05) is 17.3 Å². The molecule has 5 heteroatoms. The summed E-state index contributed by atoms with van der Waals surface area (Å²) in [6.07, 6.45) is 5.95. The molecule has 0 bridgehead atoms. The van der Waals surface area contributed by atoms with E-state index in [4.69, 9.17) is 0 Å². The Morgan fingerprint density at radius 1 is 1.30 bits per heavy atom. The third kappa shape index (κ3) is 2.22. The summed E-state index contributed by atoms with van der Waals surface area (Å²) < 4.78 is 14.3. The summed E-state index contributed by atoms with van der Waals surface area (Å²) in [6.45, 7) is 0. The lowest BCUT2D eigenvalue weighted by molar-refractivity contribution is -0.117. The zero-order valence-electron chi connectivity index (χ0n) is 11.5. The molecule has 1 fully saturated rings. The lowest BCUT2D eigenvalue weighted by Gasteiger charge is -2.44. The van der Waals surface area contributed by atoms with Gasteiger partial charge in [-0.05, 0) is 34.8 Å². The third-order valence-electron chi connectivity index (χ3n) is 4.66. The molecule has 108 valence electrons. The van der Waals surface area contributed by atoms with Crippen LogP contribution >= 0.6 is 15.9 Å². The van der Waals surface area contributed by atoms with Crippen molar-refractivity contribution < 1.29 is 9.18 Å². The highest BCUT2D eigenvalue weighted by Crippen LogP contribution is 2.44. The topological polar surface area (TPSA) is 32.3 Å². The van der Waals surface area contributed by atoms with Gasteiger partial charge in [0.1, 0.15) is 5.82 Å². The zero-order valence-corrected chi connectivity index (χ0v) is 13.1. The number of anilines is 2. The number of amides is 1. The van der Waals surface area contributed by atoms with Gasteiger partial charge in [-0.2, -0.15) is 0 Å². The Labute approximate surface area is 126 Å². The first-order valence-electron chi connectivity index (χ1n) is 7.05. The van der Waals surface area contributed by atoms with Crippen molar-refractivity contribution in [2.45, 2.75) is 44.1 Å². The quantitative estimate of drug-likeness (QED) is 0.772. The molecule has 1 heterocycles. The highest BCUT2D eigenvalue weighted by molar-refractivity contribution is 9.10. The standard InChI is InChI=1S/C15H18BrFN2O/c1-19-13-8-11(17)10(16)7-12(13)18-14(20)9-15(19)5-3-2-4-6-15/h7-8H,2-6,9H2,1H3,(H,18,20). The van der Waals surface area contributed by atoms with Gasteiger partial charge in [0.2, 0.25) is 5.91 Å². The van der Waals surface area contributed by atoms with Crippen LogP contribution in [-0.4, -0.2) is 18.5 Å². The van der Waals surface area contributed by atoms with Crippen LogP contribution in [0.1, 0.15) is 38.5 Å². The molecular formula is C15H18BrFN2O. The first-order valence-corrected chi connectivity index (χ1v) is 7.84. The van der Waals surface area contributed by atoms with E-state index in [1.165, 1.54) is 12.5 Å². The molecule has 20 heavy (non-hydrogen) atoms. The molecule has 1 aromatic carbocycles. The molecular weight excluding hydrogens is 323 g/mol. The molecule has 1 aromatic rings. The predicted molar refractivity (Wildman–Crippen MR) is 81.6 cm³/mol. The summed E-state index contributed by atoms with van der Waals surface area (Å²) in [5.74, 6) is -0.270. The van der Waals surface area contributed by atoms with Gasteiger partial charge < -0.3 is 10.2 Å². The van der Waals surface area contributed by atoms with Crippen LogP contribution in [-0.2, 0) is 4.79 Å². The number of rotatable bonds is 0. The fourth-order valence-electron chi connectivity index (χ4n) is 3.50. The van der Waals surface area contributed by atoms with Gasteiger partial charge in [0, 0.05) is 18.7 Å². The van der Waals surface area contributed by atoms with Crippen molar-refractivity contribution in [3.63, 3.8) is 0 Å². The Morgan fingerprint density at radius 2 is 2.00 bits per heavy atom. The first kappa shape index (κ1) is 13.9. The van der Waals surface area contributed by atoms with E-state index in [0.29, 0.717) is 16.6 Å². The summed E-state index contributed by atoms with van der Waals surface area (Å²) in [5.41, 5.74) is 1.31. The van der Waals surface area contributed by atoms with Crippen LogP contribution in [0.3, 0.4) is 0 Å². The van der Waals surface area contributed by atoms with Gasteiger partial charge in [-0.25, -0.2) is 4.39 Å². The van der Waals surface area contributed by atoms with Gasteiger partial charge in [0.05, 0.1) is 22.3 Å². The number of hydrogen-bond acceptors (Lipinski definition) is 2. The van der Waals surface area contributed by atoms with E-state index in [1.807, 2.05) is 7.05 Å². The van der Waals surface area contributed by atoms with Gasteiger partial charge in [0.15, 0.2) is 0 Å². The smallest absolute Gasteiger partial charge is 0.226 e. The maximum absolute atomic E-state index is 13.9. The molecule has 1 amide bonds. The second-order valence-corrected chi connectivity index (χ2v) is 6.71. The number of fused-ring (bicyclic) bond motifs is 1. The fraction of sp³-hybridized carbons (Fsp3) is 0.533. The SMILES string of the molecule is CN1c2cc(F)c(Br)cc2NC(=O)CC12CCCCC2. The van der Waals surface area contributed by atoms with E-state index in [1.54, 1.807) is 6.07 Å². The molecule has 1 aliphatic carbocycles. The van der Waals surface area contributed by atoms with E-state index in [9.17, 15) is 9.18 Å². The second-order valence-electron chi connectivity index (χ2n) is 5.85. The molecule has 1 saturated carbocycles. The van der Waals surface area contributed by atoms with E-state index >= 15 is 0 Å². The number of carbonyl (C=O) groups is 1. The van der Waals surface area contributed by atoms with Gasteiger partial charge in [-0.1, -0.05) is 19.3 Å². The van der Waals surface area contributed by atoms with Gasteiger partial charge in [0.25, 0.3) is 0 Å². The fourth-order valence-corrected chi connectivity index (χ4v) is 3.85. The Hall–Kier alpha value is -1.10. The maximum atomic E-state index is 13.9. The second kappa shape index (κ2) is 5.02. The summed E-state index contributed by atoms with van der Waals surface area (Å²) in [5, 5.41) is 2.92. The molecule has 1 spiro atoms. The molecule has 2 aliphatic rings. The van der Waals surface area contributed by atoms with Crippen LogP contribution in [0.5, 0.6) is 0 Å². The summed E-state index contributed by atoms with van der Waals surface area (Å²) >= 11 is 3.18. The van der Waals surface area contributed by atoms with Crippen molar-refractivity contribution in [2.24, 2.45) is 0 Å².